The van der Waals surface area contributed by atoms with E-state index in [1.54, 1.807) is 36.4 Å². The first-order valence-corrected chi connectivity index (χ1v) is 9.90. The maximum absolute atomic E-state index is 12.9. The number of hydrogen-bond donors (Lipinski definition) is 0. The quantitative estimate of drug-likeness (QED) is 0.442. The van der Waals surface area contributed by atoms with Gasteiger partial charge in [0.25, 0.3) is 5.91 Å². The third-order valence-corrected chi connectivity index (χ3v) is 5.98. The molecular formula is C19H15Cl2NO4S2. The Morgan fingerprint density at radius 3 is 2.18 bits per heavy atom. The zero-order valence-corrected chi connectivity index (χ0v) is 18.3. The second kappa shape index (κ2) is 8.61. The largest absolute Gasteiger partial charge is 0.493 e. The zero-order valence-electron chi connectivity index (χ0n) is 15.1. The van der Waals surface area contributed by atoms with Crippen molar-refractivity contribution in [3.05, 3.63) is 50.8 Å². The van der Waals surface area contributed by atoms with Crippen LogP contribution in [0.5, 0.6) is 17.2 Å². The van der Waals surface area contributed by atoms with E-state index in [2.05, 4.69) is 0 Å². The van der Waals surface area contributed by atoms with E-state index < -0.39 is 0 Å². The number of hydrogen-bond acceptors (Lipinski definition) is 6. The summed E-state index contributed by atoms with van der Waals surface area (Å²) in [5, 5.41) is 0.755. The Hall–Kier alpha value is -1.93. The molecule has 146 valence electrons. The second-order valence-corrected chi connectivity index (χ2v) is 8.06. The Labute approximate surface area is 182 Å². The molecule has 2 aromatic rings. The highest BCUT2D eigenvalue weighted by Gasteiger charge is 2.33. The number of thiocarbonyl (C=S) groups is 1. The van der Waals surface area contributed by atoms with Gasteiger partial charge in [0.05, 0.1) is 42.0 Å². The molecule has 0 spiro atoms. The highest BCUT2D eigenvalue weighted by molar-refractivity contribution is 8.27. The van der Waals surface area contributed by atoms with E-state index in [0.29, 0.717) is 47.8 Å². The summed E-state index contributed by atoms with van der Waals surface area (Å²) in [6.07, 6.45) is 1.72. The Morgan fingerprint density at radius 1 is 1.00 bits per heavy atom. The van der Waals surface area contributed by atoms with Crippen LogP contribution < -0.4 is 19.1 Å². The summed E-state index contributed by atoms with van der Waals surface area (Å²) in [4.78, 5) is 14.8. The molecule has 0 aromatic heterocycles. The molecule has 0 N–H and O–H groups in total. The van der Waals surface area contributed by atoms with Crippen LogP contribution in [-0.2, 0) is 4.79 Å². The smallest absolute Gasteiger partial charge is 0.270 e. The number of carbonyl (C=O) groups excluding carboxylic acids is 1. The Kier molecular flexibility index (Phi) is 6.40. The first-order valence-electron chi connectivity index (χ1n) is 7.92. The van der Waals surface area contributed by atoms with E-state index in [1.807, 2.05) is 0 Å². The van der Waals surface area contributed by atoms with E-state index in [4.69, 9.17) is 49.6 Å². The predicted molar refractivity (Wildman–Crippen MR) is 118 cm³/mol. The van der Waals surface area contributed by atoms with Gasteiger partial charge < -0.3 is 14.2 Å². The lowest BCUT2D eigenvalue weighted by Crippen LogP contribution is -2.27. The normalized spacial score (nSPS) is 15.3. The van der Waals surface area contributed by atoms with E-state index in [9.17, 15) is 4.79 Å². The van der Waals surface area contributed by atoms with Crippen LogP contribution in [0, 0.1) is 0 Å². The molecule has 1 fully saturated rings. The summed E-state index contributed by atoms with van der Waals surface area (Å²) in [6.45, 7) is 0. The summed E-state index contributed by atoms with van der Waals surface area (Å²) in [6, 6.07) is 8.44. The SMILES string of the molecule is COc1cc(/C=C2\SC(=S)N(c3ccc(Cl)c(Cl)c3)C2=O)cc(OC)c1OC. The molecule has 1 amide bonds. The molecule has 0 unspecified atom stereocenters. The summed E-state index contributed by atoms with van der Waals surface area (Å²) < 4.78 is 16.4. The first-order chi connectivity index (χ1) is 13.4. The van der Waals surface area contributed by atoms with Gasteiger partial charge in [-0.1, -0.05) is 47.2 Å². The fourth-order valence-corrected chi connectivity index (χ4v) is 4.24. The van der Waals surface area contributed by atoms with Gasteiger partial charge in [-0.2, -0.15) is 0 Å². The van der Waals surface area contributed by atoms with Crippen LogP contribution in [0.25, 0.3) is 6.08 Å². The molecule has 3 rings (SSSR count). The maximum Gasteiger partial charge on any atom is 0.270 e. The van der Waals surface area contributed by atoms with Crippen molar-refractivity contribution in [1.82, 2.24) is 0 Å². The van der Waals surface area contributed by atoms with Gasteiger partial charge >= 0.3 is 0 Å². The van der Waals surface area contributed by atoms with Crippen molar-refractivity contribution in [2.45, 2.75) is 0 Å². The average Bonchev–Trinajstić information content (AvgIpc) is 2.96. The van der Waals surface area contributed by atoms with Gasteiger partial charge in [0, 0.05) is 0 Å². The number of amides is 1. The number of ether oxygens (including phenoxy) is 3. The summed E-state index contributed by atoms with van der Waals surface area (Å²) in [7, 11) is 4.60. The summed E-state index contributed by atoms with van der Waals surface area (Å²) in [5.74, 6) is 1.22. The van der Waals surface area contributed by atoms with Crippen molar-refractivity contribution in [1.29, 1.82) is 0 Å². The van der Waals surface area contributed by atoms with E-state index in [-0.39, 0.29) is 5.91 Å². The number of thioether (sulfide) groups is 1. The third-order valence-electron chi connectivity index (χ3n) is 3.94. The number of nitrogens with zero attached hydrogens (tertiary/aromatic N) is 1. The van der Waals surface area contributed by atoms with Crippen LogP contribution in [0.3, 0.4) is 0 Å². The molecule has 5 nitrogen and oxygen atoms in total. The number of anilines is 1. The summed E-state index contributed by atoms with van der Waals surface area (Å²) >= 11 is 18.6. The lowest BCUT2D eigenvalue weighted by Gasteiger charge is -2.15. The van der Waals surface area contributed by atoms with Crippen molar-refractivity contribution in [2.75, 3.05) is 26.2 Å². The van der Waals surface area contributed by atoms with E-state index in [1.165, 1.54) is 38.0 Å². The fourth-order valence-electron chi connectivity index (χ4n) is 2.65. The van der Waals surface area contributed by atoms with Gasteiger partial charge in [0.15, 0.2) is 15.8 Å². The molecular weight excluding hydrogens is 441 g/mol. The molecule has 0 aliphatic carbocycles. The molecule has 28 heavy (non-hydrogen) atoms. The summed E-state index contributed by atoms with van der Waals surface area (Å²) in [5.41, 5.74) is 1.27. The van der Waals surface area contributed by atoms with Gasteiger partial charge in [0.1, 0.15) is 0 Å². The van der Waals surface area contributed by atoms with Crippen molar-refractivity contribution >= 4 is 69.2 Å². The van der Waals surface area contributed by atoms with Crippen LogP contribution in [0.4, 0.5) is 5.69 Å². The Balaban J connectivity index is 1.99. The first kappa shape index (κ1) is 20.8. The van der Waals surface area contributed by atoms with Gasteiger partial charge in [-0.15, -0.1) is 0 Å². The van der Waals surface area contributed by atoms with Crippen LogP contribution >= 0.6 is 47.2 Å². The van der Waals surface area contributed by atoms with Crippen LogP contribution in [0.15, 0.2) is 35.2 Å². The maximum atomic E-state index is 12.9. The molecule has 0 saturated carbocycles. The molecule has 1 heterocycles. The van der Waals surface area contributed by atoms with Crippen molar-refractivity contribution in [3.63, 3.8) is 0 Å². The van der Waals surface area contributed by atoms with Gasteiger partial charge in [-0.25, -0.2) is 0 Å². The Bertz CT molecular complexity index is 969. The van der Waals surface area contributed by atoms with Crippen LogP contribution in [0.1, 0.15) is 5.56 Å². The molecule has 0 bridgehead atoms. The van der Waals surface area contributed by atoms with Crippen molar-refractivity contribution in [3.8, 4) is 17.2 Å². The number of halogens is 2. The highest BCUT2D eigenvalue weighted by atomic mass is 35.5. The molecule has 1 saturated heterocycles. The lowest BCUT2D eigenvalue weighted by molar-refractivity contribution is -0.113. The van der Waals surface area contributed by atoms with E-state index >= 15 is 0 Å². The second-order valence-electron chi connectivity index (χ2n) is 5.57. The molecule has 0 atom stereocenters. The van der Waals surface area contributed by atoms with Crippen molar-refractivity contribution in [2.24, 2.45) is 0 Å². The standard InChI is InChI=1S/C19H15Cl2NO4S2/c1-24-14-6-10(7-15(25-2)17(14)26-3)8-16-18(23)22(19(27)28-16)11-4-5-12(20)13(21)9-11/h4-9H,1-3H3/b16-8-. The number of carbonyl (C=O) groups is 1. The predicted octanol–water partition coefficient (Wildman–Crippen LogP) is 5.43. The zero-order chi connectivity index (χ0) is 20.4. The highest BCUT2D eigenvalue weighted by Crippen LogP contribution is 2.41. The average molecular weight is 456 g/mol. The van der Waals surface area contributed by atoms with E-state index in [0.717, 1.165) is 0 Å². The third kappa shape index (κ3) is 3.93. The minimum absolute atomic E-state index is 0.248. The van der Waals surface area contributed by atoms with Gasteiger partial charge in [0.2, 0.25) is 5.75 Å². The fraction of sp³-hybridized carbons (Fsp3) is 0.158. The topological polar surface area (TPSA) is 48.0 Å². The van der Waals surface area contributed by atoms with Crippen LogP contribution in [-0.4, -0.2) is 31.6 Å². The number of methoxy groups -OCH3 is 3. The lowest BCUT2D eigenvalue weighted by atomic mass is 10.1. The van der Waals surface area contributed by atoms with Crippen molar-refractivity contribution < 1.29 is 19.0 Å². The molecule has 1 aliphatic rings. The molecule has 2 aromatic carbocycles. The minimum atomic E-state index is -0.248. The number of rotatable bonds is 5. The number of benzene rings is 2. The molecule has 9 heteroatoms. The van der Waals surface area contributed by atoms with Gasteiger partial charge in [-0.05, 0) is 42.0 Å². The van der Waals surface area contributed by atoms with Crippen LogP contribution in [0.2, 0.25) is 10.0 Å². The van der Waals surface area contributed by atoms with Gasteiger partial charge in [-0.3, -0.25) is 9.69 Å². The molecule has 1 aliphatic heterocycles. The minimum Gasteiger partial charge on any atom is -0.493 e. The molecule has 0 radical (unpaired) electrons. The Morgan fingerprint density at radius 2 is 1.64 bits per heavy atom. The monoisotopic (exact) mass is 455 g/mol.